The van der Waals surface area contributed by atoms with Gasteiger partial charge in [-0.25, -0.2) is 0 Å². The van der Waals surface area contributed by atoms with Crippen molar-refractivity contribution in [1.82, 2.24) is 0 Å². The van der Waals surface area contributed by atoms with E-state index in [-0.39, 0.29) is 18.2 Å². The summed E-state index contributed by atoms with van der Waals surface area (Å²) in [5.41, 5.74) is 3.38. The summed E-state index contributed by atoms with van der Waals surface area (Å²) in [4.78, 5) is 10.8. The van der Waals surface area contributed by atoms with E-state index in [4.69, 9.17) is 23.7 Å². The molecule has 0 radical (unpaired) electrons. The smallest absolute Gasteiger partial charge is 0.269 e. The van der Waals surface area contributed by atoms with Crippen LogP contribution >= 0.6 is 0 Å². The van der Waals surface area contributed by atoms with Crippen LogP contribution in [-0.4, -0.2) is 33.4 Å². The zero-order chi connectivity index (χ0) is 22.8. The highest BCUT2D eigenvalue weighted by Crippen LogP contribution is 2.51. The van der Waals surface area contributed by atoms with Gasteiger partial charge in [-0.15, -0.1) is 0 Å². The number of ether oxygens (including phenoxy) is 5. The molecular formula is C24H23NO7. The minimum absolute atomic E-state index is 0.0162. The molecule has 0 aromatic heterocycles. The quantitative estimate of drug-likeness (QED) is 0.408. The van der Waals surface area contributed by atoms with Crippen LogP contribution in [0.25, 0.3) is 0 Å². The number of benzene rings is 3. The van der Waals surface area contributed by atoms with Crippen LogP contribution in [0.15, 0.2) is 48.5 Å². The van der Waals surface area contributed by atoms with Gasteiger partial charge >= 0.3 is 0 Å². The average Bonchev–Trinajstić information content (AvgIpc) is 2.99. The lowest BCUT2D eigenvalue weighted by Gasteiger charge is -2.24. The lowest BCUT2D eigenvalue weighted by molar-refractivity contribution is -0.384. The van der Waals surface area contributed by atoms with E-state index in [1.165, 1.54) is 12.1 Å². The molecule has 1 aliphatic rings. The van der Waals surface area contributed by atoms with Crippen LogP contribution in [-0.2, 0) is 6.61 Å². The van der Waals surface area contributed by atoms with Crippen LogP contribution in [0.4, 0.5) is 5.69 Å². The highest BCUT2D eigenvalue weighted by atomic mass is 16.6. The topological polar surface area (TPSA) is 89.3 Å². The Balaban J connectivity index is 2.04. The number of fused-ring (bicyclic) bond motifs is 2. The van der Waals surface area contributed by atoms with Gasteiger partial charge in [0, 0.05) is 52.9 Å². The van der Waals surface area contributed by atoms with E-state index in [1.54, 1.807) is 46.6 Å². The van der Waals surface area contributed by atoms with Crippen LogP contribution in [0.1, 0.15) is 28.2 Å². The molecule has 0 saturated heterocycles. The van der Waals surface area contributed by atoms with E-state index in [0.29, 0.717) is 28.7 Å². The van der Waals surface area contributed by atoms with Crippen LogP contribution < -0.4 is 23.7 Å². The number of hydrogen-bond acceptors (Lipinski definition) is 7. The first kappa shape index (κ1) is 21.3. The summed E-state index contributed by atoms with van der Waals surface area (Å²) in [5, 5.41) is 11.2. The average molecular weight is 437 g/mol. The predicted octanol–water partition coefficient (Wildman–Crippen LogP) is 4.70. The molecule has 0 fully saturated rings. The molecule has 0 spiro atoms. The van der Waals surface area contributed by atoms with Crippen molar-refractivity contribution in [1.29, 1.82) is 0 Å². The Labute approximate surface area is 185 Å². The predicted molar refractivity (Wildman–Crippen MR) is 117 cm³/mol. The highest BCUT2D eigenvalue weighted by Gasteiger charge is 2.33. The van der Waals surface area contributed by atoms with Gasteiger partial charge in [-0.2, -0.15) is 0 Å². The fourth-order valence-corrected chi connectivity index (χ4v) is 4.08. The number of nitrogens with zero attached hydrogens (tertiary/aromatic N) is 1. The van der Waals surface area contributed by atoms with E-state index < -0.39 is 4.92 Å². The maximum atomic E-state index is 11.2. The SMILES string of the molecule is COc1cc2c(c(OC)c1)C(c1ccc([N+](=O)[O-])cc1)c1c(OC)cc(OC)cc1OC2. The second kappa shape index (κ2) is 8.66. The van der Waals surface area contributed by atoms with Crippen LogP contribution in [0.2, 0.25) is 0 Å². The Bertz CT molecular complexity index is 1090. The second-order valence-electron chi connectivity index (χ2n) is 7.21. The molecule has 0 saturated carbocycles. The number of nitro benzene ring substituents is 1. The molecule has 1 heterocycles. The van der Waals surface area contributed by atoms with Crippen LogP contribution in [0.3, 0.4) is 0 Å². The molecule has 0 amide bonds. The zero-order valence-corrected chi connectivity index (χ0v) is 18.2. The summed E-state index contributed by atoms with van der Waals surface area (Å²) in [6, 6.07) is 13.8. The van der Waals surface area contributed by atoms with Crippen molar-refractivity contribution in [2.75, 3.05) is 28.4 Å². The molecule has 1 atom stereocenters. The molecule has 1 aliphatic heterocycles. The summed E-state index contributed by atoms with van der Waals surface area (Å²) >= 11 is 0. The van der Waals surface area contributed by atoms with E-state index in [0.717, 1.165) is 22.3 Å². The first-order valence-corrected chi connectivity index (χ1v) is 9.88. The van der Waals surface area contributed by atoms with E-state index in [1.807, 2.05) is 18.2 Å². The second-order valence-corrected chi connectivity index (χ2v) is 7.21. The standard InChI is InChI=1S/C24H23NO7/c1-28-17-9-15-13-32-21-12-18(29-2)11-20(31-4)24(21)23(22(15)19(10-17)30-3)14-5-7-16(8-6-14)25(26)27/h5-12,23H,13H2,1-4H3. The first-order valence-electron chi connectivity index (χ1n) is 9.88. The summed E-state index contributed by atoms with van der Waals surface area (Å²) in [7, 11) is 6.35. The molecule has 32 heavy (non-hydrogen) atoms. The summed E-state index contributed by atoms with van der Waals surface area (Å²) in [6.07, 6.45) is 0. The van der Waals surface area contributed by atoms with Gasteiger partial charge in [-0.1, -0.05) is 12.1 Å². The van der Waals surface area contributed by atoms with Crippen molar-refractivity contribution in [3.8, 4) is 28.7 Å². The number of non-ortho nitro benzene ring substituents is 1. The maximum absolute atomic E-state index is 11.2. The van der Waals surface area contributed by atoms with Crippen molar-refractivity contribution in [3.05, 3.63) is 80.9 Å². The summed E-state index contributed by atoms with van der Waals surface area (Å²) in [5.74, 6) is 2.66. The van der Waals surface area contributed by atoms with Crippen molar-refractivity contribution in [2.45, 2.75) is 12.5 Å². The maximum Gasteiger partial charge on any atom is 0.269 e. The molecule has 0 N–H and O–H groups in total. The molecule has 3 aromatic carbocycles. The Morgan fingerprint density at radius 2 is 1.44 bits per heavy atom. The molecule has 4 rings (SSSR count). The summed E-state index contributed by atoms with van der Waals surface area (Å²) < 4.78 is 28.5. The van der Waals surface area contributed by atoms with Gasteiger partial charge in [0.2, 0.25) is 0 Å². The molecule has 0 aliphatic carbocycles. The number of methoxy groups -OCH3 is 4. The van der Waals surface area contributed by atoms with Gasteiger partial charge in [0.15, 0.2) is 0 Å². The lowest BCUT2D eigenvalue weighted by atomic mass is 9.81. The fraction of sp³-hybridized carbons (Fsp3) is 0.250. The normalized spacial score (nSPS) is 14.3. The van der Waals surface area contributed by atoms with Crippen molar-refractivity contribution in [2.24, 2.45) is 0 Å². The Morgan fingerprint density at radius 3 is 2.00 bits per heavy atom. The third kappa shape index (κ3) is 3.64. The van der Waals surface area contributed by atoms with Crippen LogP contribution in [0, 0.1) is 10.1 Å². The monoisotopic (exact) mass is 437 g/mol. The third-order valence-electron chi connectivity index (χ3n) is 5.59. The lowest BCUT2D eigenvalue weighted by Crippen LogP contribution is -2.09. The number of hydrogen-bond donors (Lipinski definition) is 0. The van der Waals surface area contributed by atoms with Gasteiger partial charge < -0.3 is 23.7 Å². The molecule has 0 bridgehead atoms. The largest absolute Gasteiger partial charge is 0.497 e. The number of nitro groups is 1. The van der Waals surface area contributed by atoms with Crippen molar-refractivity contribution >= 4 is 5.69 Å². The van der Waals surface area contributed by atoms with Crippen LogP contribution in [0.5, 0.6) is 28.7 Å². The van der Waals surface area contributed by atoms with E-state index >= 15 is 0 Å². The van der Waals surface area contributed by atoms with Gasteiger partial charge in [-0.3, -0.25) is 10.1 Å². The molecule has 1 unspecified atom stereocenters. The van der Waals surface area contributed by atoms with E-state index in [2.05, 4.69) is 0 Å². The molecule has 3 aromatic rings. The Morgan fingerprint density at radius 1 is 0.844 bits per heavy atom. The summed E-state index contributed by atoms with van der Waals surface area (Å²) in [6.45, 7) is 0.274. The van der Waals surface area contributed by atoms with E-state index in [9.17, 15) is 10.1 Å². The number of rotatable bonds is 6. The third-order valence-corrected chi connectivity index (χ3v) is 5.59. The fourth-order valence-electron chi connectivity index (χ4n) is 4.08. The van der Waals surface area contributed by atoms with Crippen molar-refractivity contribution in [3.63, 3.8) is 0 Å². The Hall–Kier alpha value is -3.94. The van der Waals surface area contributed by atoms with Gasteiger partial charge in [-0.05, 0) is 11.6 Å². The van der Waals surface area contributed by atoms with Crippen molar-refractivity contribution < 1.29 is 28.6 Å². The Kier molecular flexibility index (Phi) is 5.77. The molecule has 8 heteroatoms. The van der Waals surface area contributed by atoms with Gasteiger partial charge in [0.05, 0.1) is 33.4 Å². The first-order chi connectivity index (χ1) is 15.5. The highest BCUT2D eigenvalue weighted by molar-refractivity contribution is 5.64. The molecular weight excluding hydrogens is 414 g/mol. The molecule has 8 nitrogen and oxygen atoms in total. The zero-order valence-electron chi connectivity index (χ0n) is 18.2. The minimum Gasteiger partial charge on any atom is -0.497 e. The minimum atomic E-state index is -0.418. The molecule has 166 valence electrons. The van der Waals surface area contributed by atoms with Gasteiger partial charge in [0.1, 0.15) is 35.4 Å². The van der Waals surface area contributed by atoms with Gasteiger partial charge in [0.25, 0.3) is 5.69 Å².